The number of hydrogen-bond acceptors (Lipinski definition) is 5. The van der Waals surface area contributed by atoms with Crippen LogP contribution in [0.15, 0.2) is 35.4 Å². The highest BCUT2D eigenvalue weighted by atomic mass is 32.2. The molecule has 6 nitrogen and oxygen atoms in total. The van der Waals surface area contributed by atoms with Crippen molar-refractivity contribution in [3.05, 3.63) is 40.9 Å². The van der Waals surface area contributed by atoms with Crippen molar-refractivity contribution in [2.45, 2.75) is 44.0 Å². The second-order valence-corrected chi connectivity index (χ2v) is 9.34. The maximum Gasteiger partial charge on any atom is 0.257 e. The second kappa shape index (κ2) is 7.23. The first-order valence-corrected chi connectivity index (χ1v) is 10.5. The molecule has 1 aliphatic heterocycles. The Morgan fingerprint density at radius 1 is 1.28 bits per heavy atom. The molecule has 1 N–H and O–H groups in total. The maximum absolute atomic E-state index is 12.8. The monoisotopic (exact) mass is 379 g/mol. The van der Waals surface area contributed by atoms with Crippen LogP contribution in [0.25, 0.3) is 0 Å². The number of carbonyl (C=O) groups is 1. The van der Waals surface area contributed by atoms with Crippen LogP contribution in [0, 0.1) is 6.92 Å². The van der Waals surface area contributed by atoms with E-state index in [9.17, 15) is 13.2 Å². The lowest BCUT2D eigenvalue weighted by atomic mass is 10.1. The van der Waals surface area contributed by atoms with Gasteiger partial charge in [-0.2, -0.15) is 4.31 Å². The minimum Gasteiger partial charge on any atom is -0.298 e. The number of benzene rings is 1. The molecule has 2 aromatic rings. The second-order valence-electron chi connectivity index (χ2n) is 6.22. The standard InChI is InChI=1S/C17H21N3O3S2/c1-12-5-3-4-10-20(12)25(22,23)15-8-6-14(7-9-15)16(21)19-17-18-11-13(2)24-17/h6-9,11-12H,3-5,10H2,1-2H3,(H,18,19,21). The fourth-order valence-electron chi connectivity index (χ4n) is 2.92. The summed E-state index contributed by atoms with van der Waals surface area (Å²) in [6, 6.07) is 6.08. The molecule has 1 aliphatic rings. The number of nitrogens with one attached hydrogen (secondary N) is 1. The molecule has 1 saturated heterocycles. The summed E-state index contributed by atoms with van der Waals surface area (Å²) in [5.41, 5.74) is 0.401. The van der Waals surface area contributed by atoms with Gasteiger partial charge in [0.25, 0.3) is 5.91 Å². The third kappa shape index (κ3) is 3.91. The van der Waals surface area contributed by atoms with Crippen molar-refractivity contribution >= 4 is 32.4 Å². The van der Waals surface area contributed by atoms with Gasteiger partial charge < -0.3 is 0 Å². The predicted molar refractivity (Wildman–Crippen MR) is 98.5 cm³/mol. The van der Waals surface area contributed by atoms with Crippen LogP contribution in [0.3, 0.4) is 0 Å². The number of aromatic nitrogens is 1. The maximum atomic E-state index is 12.8. The zero-order valence-electron chi connectivity index (χ0n) is 14.2. The van der Waals surface area contributed by atoms with E-state index in [-0.39, 0.29) is 16.8 Å². The Bertz CT molecular complexity index is 860. The zero-order valence-corrected chi connectivity index (χ0v) is 15.9. The van der Waals surface area contributed by atoms with Crippen molar-refractivity contribution in [3.8, 4) is 0 Å². The lowest BCUT2D eigenvalue weighted by Crippen LogP contribution is -2.41. The Labute approximate surface area is 151 Å². The number of aryl methyl sites for hydroxylation is 1. The summed E-state index contributed by atoms with van der Waals surface area (Å²) >= 11 is 1.39. The van der Waals surface area contributed by atoms with Crippen molar-refractivity contribution in [3.63, 3.8) is 0 Å². The van der Waals surface area contributed by atoms with Gasteiger partial charge in [-0.1, -0.05) is 6.42 Å². The molecule has 1 atom stereocenters. The molecule has 1 aromatic carbocycles. The highest BCUT2D eigenvalue weighted by molar-refractivity contribution is 7.89. The van der Waals surface area contributed by atoms with E-state index in [2.05, 4.69) is 10.3 Å². The lowest BCUT2D eigenvalue weighted by molar-refractivity contribution is 0.102. The molecule has 0 saturated carbocycles. The molecule has 25 heavy (non-hydrogen) atoms. The summed E-state index contributed by atoms with van der Waals surface area (Å²) in [6.45, 7) is 4.40. The molecular weight excluding hydrogens is 358 g/mol. The Hall–Kier alpha value is -1.77. The van der Waals surface area contributed by atoms with Crippen LogP contribution in [0.5, 0.6) is 0 Å². The Kier molecular flexibility index (Phi) is 5.21. The van der Waals surface area contributed by atoms with E-state index in [4.69, 9.17) is 0 Å². The summed E-state index contributed by atoms with van der Waals surface area (Å²) < 4.78 is 27.1. The van der Waals surface area contributed by atoms with E-state index in [0.29, 0.717) is 17.2 Å². The molecule has 0 radical (unpaired) electrons. The van der Waals surface area contributed by atoms with Gasteiger partial charge in [0, 0.05) is 29.2 Å². The number of carbonyl (C=O) groups excluding carboxylic acids is 1. The van der Waals surface area contributed by atoms with Crippen LogP contribution in [-0.4, -0.2) is 36.2 Å². The number of sulfonamides is 1. The largest absolute Gasteiger partial charge is 0.298 e. The van der Waals surface area contributed by atoms with Gasteiger partial charge in [-0.3, -0.25) is 10.1 Å². The molecule has 2 heterocycles. The Morgan fingerprint density at radius 2 is 2.00 bits per heavy atom. The molecular formula is C17H21N3O3S2. The number of thiazole rings is 1. The van der Waals surface area contributed by atoms with Crippen molar-refractivity contribution in [1.29, 1.82) is 0 Å². The van der Waals surface area contributed by atoms with Gasteiger partial charge in [-0.05, 0) is 51.0 Å². The summed E-state index contributed by atoms with van der Waals surface area (Å²) in [5.74, 6) is -0.301. The number of piperidine rings is 1. The summed E-state index contributed by atoms with van der Waals surface area (Å²) in [6.07, 6.45) is 4.52. The first-order chi connectivity index (χ1) is 11.9. The van der Waals surface area contributed by atoms with Crippen molar-refractivity contribution in [2.75, 3.05) is 11.9 Å². The van der Waals surface area contributed by atoms with Crippen molar-refractivity contribution in [1.82, 2.24) is 9.29 Å². The van der Waals surface area contributed by atoms with Crippen LogP contribution in [0.4, 0.5) is 5.13 Å². The molecule has 1 amide bonds. The SMILES string of the molecule is Cc1cnc(NC(=O)c2ccc(S(=O)(=O)N3CCCCC3C)cc2)s1. The molecule has 8 heteroatoms. The Balaban J connectivity index is 1.76. The van der Waals surface area contributed by atoms with Crippen LogP contribution >= 0.6 is 11.3 Å². The van der Waals surface area contributed by atoms with Gasteiger partial charge in [0.1, 0.15) is 0 Å². The third-order valence-corrected chi connectivity index (χ3v) is 7.16. The number of amides is 1. The third-order valence-electron chi connectivity index (χ3n) is 4.31. The first-order valence-electron chi connectivity index (χ1n) is 8.23. The molecule has 0 spiro atoms. The van der Waals surface area contributed by atoms with Crippen molar-refractivity contribution in [2.24, 2.45) is 0 Å². The molecule has 1 fully saturated rings. The highest BCUT2D eigenvalue weighted by Gasteiger charge is 2.30. The van der Waals surface area contributed by atoms with Crippen LogP contribution < -0.4 is 5.32 Å². The van der Waals surface area contributed by atoms with Gasteiger partial charge in [0.05, 0.1) is 4.90 Å². The van der Waals surface area contributed by atoms with Gasteiger partial charge in [-0.15, -0.1) is 11.3 Å². The van der Waals surface area contributed by atoms with Gasteiger partial charge in [0.2, 0.25) is 10.0 Å². The minimum atomic E-state index is -3.52. The molecule has 0 bridgehead atoms. The zero-order chi connectivity index (χ0) is 18.0. The molecule has 1 unspecified atom stereocenters. The van der Waals surface area contributed by atoms with E-state index in [1.807, 2.05) is 13.8 Å². The number of nitrogens with zero attached hydrogens (tertiary/aromatic N) is 2. The number of hydrogen-bond donors (Lipinski definition) is 1. The van der Waals surface area contributed by atoms with E-state index >= 15 is 0 Å². The average molecular weight is 380 g/mol. The quantitative estimate of drug-likeness (QED) is 0.884. The van der Waals surface area contributed by atoms with Crippen LogP contribution in [0.2, 0.25) is 0 Å². The molecule has 134 valence electrons. The van der Waals surface area contributed by atoms with Crippen LogP contribution in [-0.2, 0) is 10.0 Å². The Morgan fingerprint density at radius 3 is 2.60 bits per heavy atom. The minimum absolute atomic E-state index is 0.00914. The van der Waals surface area contributed by atoms with E-state index in [1.165, 1.54) is 35.6 Å². The summed E-state index contributed by atoms with van der Waals surface area (Å²) in [4.78, 5) is 17.6. The molecule has 0 aliphatic carbocycles. The fraction of sp³-hybridized carbons (Fsp3) is 0.412. The van der Waals surface area contributed by atoms with Gasteiger partial charge in [-0.25, -0.2) is 13.4 Å². The van der Waals surface area contributed by atoms with E-state index < -0.39 is 10.0 Å². The summed E-state index contributed by atoms with van der Waals surface area (Å²) in [5, 5.41) is 3.25. The summed E-state index contributed by atoms with van der Waals surface area (Å²) in [7, 11) is -3.52. The smallest absolute Gasteiger partial charge is 0.257 e. The van der Waals surface area contributed by atoms with Crippen LogP contribution in [0.1, 0.15) is 41.4 Å². The predicted octanol–water partition coefficient (Wildman–Crippen LogP) is 3.27. The van der Waals surface area contributed by atoms with Gasteiger partial charge in [0.15, 0.2) is 5.13 Å². The molecule has 3 rings (SSSR count). The lowest BCUT2D eigenvalue weighted by Gasteiger charge is -2.32. The van der Waals surface area contributed by atoms with E-state index in [1.54, 1.807) is 10.5 Å². The normalized spacial score (nSPS) is 18.9. The first kappa shape index (κ1) is 18.0. The topological polar surface area (TPSA) is 79.4 Å². The van der Waals surface area contributed by atoms with Gasteiger partial charge >= 0.3 is 0 Å². The van der Waals surface area contributed by atoms with Crippen molar-refractivity contribution < 1.29 is 13.2 Å². The number of rotatable bonds is 4. The number of anilines is 1. The average Bonchev–Trinajstić information content (AvgIpc) is 3.00. The molecule has 1 aromatic heterocycles. The van der Waals surface area contributed by atoms with E-state index in [0.717, 1.165) is 24.1 Å². The highest BCUT2D eigenvalue weighted by Crippen LogP contribution is 2.25. The fourth-order valence-corrected chi connectivity index (χ4v) is 5.28.